The van der Waals surface area contributed by atoms with Crippen LogP contribution in [0.5, 0.6) is 0 Å². The number of esters is 1. The van der Waals surface area contributed by atoms with E-state index in [-0.39, 0.29) is 5.78 Å². The Kier molecular flexibility index (Phi) is 7.29. The van der Waals surface area contributed by atoms with E-state index in [1.54, 1.807) is 12.1 Å². The zero-order valence-electron chi connectivity index (χ0n) is 16.4. The van der Waals surface area contributed by atoms with Crippen molar-refractivity contribution in [1.82, 2.24) is 0 Å². The number of rotatable bonds is 8. The molecule has 0 heterocycles. The molecule has 0 saturated carbocycles. The van der Waals surface area contributed by atoms with Crippen LogP contribution in [0.3, 0.4) is 0 Å². The summed E-state index contributed by atoms with van der Waals surface area (Å²) in [4.78, 5) is 25.2. The number of ketones is 1. The lowest BCUT2D eigenvalue weighted by molar-refractivity contribution is 0.0602. The lowest BCUT2D eigenvalue weighted by atomic mass is 10.0. The van der Waals surface area contributed by atoms with Crippen LogP contribution in [-0.4, -0.2) is 25.4 Å². The van der Waals surface area contributed by atoms with E-state index in [2.05, 4.69) is 24.3 Å². The molecule has 0 atom stereocenters. The van der Waals surface area contributed by atoms with Gasteiger partial charge in [-0.3, -0.25) is 4.79 Å². The molecule has 4 nitrogen and oxygen atoms in total. The average molecular weight is 405 g/mol. The van der Waals surface area contributed by atoms with Crippen LogP contribution in [0.15, 0.2) is 78.9 Å². The van der Waals surface area contributed by atoms with Gasteiger partial charge in [0.1, 0.15) is 0 Å². The Hall–Kier alpha value is -2.81. The summed E-state index contributed by atoms with van der Waals surface area (Å²) in [5.74, 6) is -0.371. The van der Waals surface area contributed by atoms with Gasteiger partial charge in [-0.2, -0.15) is 0 Å². The third-order valence-corrected chi connectivity index (χ3v) is 7.08. The molecule has 0 bridgehead atoms. The number of ether oxygens (including phenoxy) is 1. The van der Waals surface area contributed by atoms with Crippen LogP contribution in [0.2, 0.25) is 0 Å². The highest BCUT2D eigenvalue weighted by Gasteiger charge is 2.24. The van der Waals surface area contributed by atoms with E-state index in [0.717, 1.165) is 15.9 Å². The van der Waals surface area contributed by atoms with Crippen LogP contribution in [0.1, 0.15) is 33.6 Å². The van der Waals surface area contributed by atoms with Crippen molar-refractivity contribution in [1.29, 1.82) is 0 Å². The first-order valence-corrected chi connectivity index (χ1v) is 10.9. The highest BCUT2D eigenvalue weighted by Crippen LogP contribution is 2.34. The first-order chi connectivity index (χ1) is 14.2. The molecule has 0 aliphatic rings. The van der Waals surface area contributed by atoms with Crippen LogP contribution < -0.4 is 21.6 Å². The topological polar surface area (TPSA) is 69.4 Å². The van der Waals surface area contributed by atoms with Gasteiger partial charge < -0.3 is 10.5 Å². The molecule has 0 saturated heterocycles. The third kappa shape index (κ3) is 4.97. The van der Waals surface area contributed by atoms with Crippen LogP contribution in [0.4, 0.5) is 0 Å². The third-order valence-electron chi connectivity index (χ3n) is 4.60. The number of benzene rings is 3. The van der Waals surface area contributed by atoms with Gasteiger partial charge in [0.25, 0.3) is 0 Å². The predicted molar refractivity (Wildman–Crippen MR) is 119 cm³/mol. The van der Waals surface area contributed by atoms with Crippen LogP contribution >= 0.6 is 7.92 Å². The van der Waals surface area contributed by atoms with Crippen molar-refractivity contribution in [3.63, 3.8) is 0 Å². The number of methoxy groups -OCH3 is 1. The minimum absolute atomic E-state index is 0.0317. The zero-order valence-corrected chi connectivity index (χ0v) is 17.3. The van der Waals surface area contributed by atoms with Crippen LogP contribution in [-0.2, 0) is 4.74 Å². The average Bonchev–Trinajstić information content (AvgIpc) is 2.78. The molecule has 0 amide bonds. The molecule has 0 spiro atoms. The van der Waals surface area contributed by atoms with Crippen molar-refractivity contribution in [2.75, 3.05) is 13.7 Å². The normalized spacial score (nSPS) is 10.7. The number of hydrogen-bond donors (Lipinski definition) is 1. The van der Waals surface area contributed by atoms with Gasteiger partial charge in [0.05, 0.1) is 12.7 Å². The van der Waals surface area contributed by atoms with Crippen molar-refractivity contribution < 1.29 is 14.3 Å². The molecular weight excluding hydrogens is 381 g/mol. The maximum Gasteiger partial charge on any atom is 0.338 e. The summed E-state index contributed by atoms with van der Waals surface area (Å²) >= 11 is 0. The molecule has 2 N–H and O–H groups in total. The standard InChI is InChI=1S/C24H24NO3P/c1-28-24(27)21-15-14-18(22(26)13-8-16-25)17-23(21)29(19-9-4-2-5-10-19)20-11-6-3-7-12-20/h2-7,9-12,14-15,17H,8,13,16,25H2,1H3. The van der Waals surface area contributed by atoms with E-state index >= 15 is 0 Å². The first kappa shape index (κ1) is 20.9. The Bertz CT molecular complexity index is 934. The van der Waals surface area contributed by atoms with E-state index in [4.69, 9.17) is 10.5 Å². The number of carbonyl (C=O) groups is 2. The second-order valence-electron chi connectivity index (χ2n) is 6.55. The fourth-order valence-corrected chi connectivity index (χ4v) is 5.63. The van der Waals surface area contributed by atoms with Gasteiger partial charge in [-0.05, 0) is 43.6 Å². The van der Waals surface area contributed by atoms with Crippen LogP contribution in [0, 0.1) is 0 Å². The van der Waals surface area contributed by atoms with E-state index in [1.807, 2.05) is 42.5 Å². The van der Waals surface area contributed by atoms with Gasteiger partial charge in [0.15, 0.2) is 5.78 Å². The fourth-order valence-electron chi connectivity index (χ4n) is 3.16. The predicted octanol–water partition coefficient (Wildman–Crippen LogP) is 3.15. The van der Waals surface area contributed by atoms with Crippen LogP contribution in [0.25, 0.3) is 0 Å². The Labute approximate surface area is 172 Å². The molecule has 3 aromatic carbocycles. The minimum atomic E-state index is -1.04. The highest BCUT2D eigenvalue weighted by molar-refractivity contribution is 7.80. The van der Waals surface area contributed by atoms with Crippen molar-refractivity contribution in [3.8, 4) is 0 Å². The summed E-state index contributed by atoms with van der Waals surface area (Å²) in [6.07, 6.45) is 1.03. The second-order valence-corrected chi connectivity index (χ2v) is 8.73. The van der Waals surface area contributed by atoms with Crippen molar-refractivity contribution in [3.05, 3.63) is 90.0 Å². The maximum absolute atomic E-state index is 12.6. The maximum atomic E-state index is 12.6. The summed E-state index contributed by atoms with van der Waals surface area (Å²) in [5.41, 5.74) is 6.64. The Balaban J connectivity index is 2.19. The highest BCUT2D eigenvalue weighted by atomic mass is 31.1. The van der Waals surface area contributed by atoms with Gasteiger partial charge in [-0.15, -0.1) is 0 Å². The molecular formula is C24H24NO3P. The Morgan fingerprint density at radius 2 is 1.48 bits per heavy atom. The van der Waals surface area contributed by atoms with Crippen molar-refractivity contribution in [2.24, 2.45) is 5.73 Å². The molecule has 148 valence electrons. The summed E-state index contributed by atoms with van der Waals surface area (Å²) in [6.45, 7) is 0.472. The molecule has 0 aliphatic heterocycles. The smallest absolute Gasteiger partial charge is 0.338 e. The number of nitrogens with two attached hydrogens (primary N) is 1. The monoisotopic (exact) mass is 405 g/mol. The zero-order chi connectivity index (χ0) is 20.6. The lowest BCUT2D eigenvalue weighted by Crippen LogP contribution is -2.26. The Morgan fingerprint density at radius 3 is 2.00 bits per heavy atom. The lowest BCUT2D eigenvalue weighted by Gasteiger charge is -2.22. The second kappa shape index (κ2) is 10.1. The van der Waals surface area contributed by atoms with E-state index in [0.29, 0.717) is 30.5 Å². The number of Topliss-reactive ketones (excluding diaryl/α,β-unsaturated/α-hetero) is 1. The summed E-state index contributed by atoms with van der Waals surface area (Å²) in [6, 6.07) is 25.4. The number of hydrogen-bond acceptors (Lipinski definition) is 4. The Morgan fingerprint density at radius 1 is 0.897 bits per heavy atom. The SMILES string of the molecule is COC(=O)c1ccc(C(=O)CCCN)cc1P(c1ccccc1)c1ccccc1. The van der Waals surface area contributed by atoms with Gasteiger partial charge in [0, 0.05) is 17.3 Å². The number of carbonyl (C=O) groups excluding carboxylic acids is 2. The molecule has 0 aromatic heterocycles. The van der Waals surface area contributed by atoms with Gasteiger partial charge in [0.2, 0.25) is 0 Å². The summed E-state index contributed by atoms with van der Waals surface area (Å²) in [5, 5.41) is 3.03. The first-order valence-electron chi connectivity index (χ1n) is 9.51. The van der Waals surface area contributed by atoms with Crippen molar-refractivity contribution in [2.45, 2.75) is 12.8 Å². The van der Waals surface area contributed by atoms with E-state index in [9.17, 15) is 9.59 Å². The summed E-state index contributed by atoms with van der Waals surface area (Å²) < 4.78 is 5.03. The molecule has 29 heavy (non-hydrogen) atoms. The molecule has 3 aromatic rings. The molecule has 0 aliphatic carbocycles. The fraction of sp³-hybridized carbons (Fsp3) is 0.167. The van der Waals surface area contributed by atoms with Crippen molar-refractivity contribution >= 4 is 35.6 Å². The molecule has 5 heteroatoms. The van der Waals surface area contributed by atoms with Gasteiger partial charge in [-0.25, -0.2) is 4.79 Å². The van der Waals surface area contributed by atoms with Gasteiger partial charge in [-0.1, -0.05) is 66.7 Å². The largest absolute Gasteiger partial charge is 0.465 e. The van der Waals surface area contributed by atoms with E-state index in [1.165, 1.54) is 7.11 Å². The van der Waals surface area contributed by atoms with Gasteiger partial charge >= 0.3 is 5.97 Å². The molecule has 0 fully saturated rings. The van der Waals surface area contributed by atoms with E-state index < -0.39 is 13.9 Å². The molecule has 0 radical (unpaired) electrons. The summed E-state index contributed by atoms with van der Waals surface area (Å²) in [7, 11) is 0.338. The molecule has 3 rings (SSSR count). The minimum Gasteiger partial charge on any atom is -0.465 e. The quantitative estimate of drug-likeness (QED) is 0.355. The molecule has 0 unspecified atom stereocenters.